The van der Waals surface area contributed by atoms with Crippen LogP contribution in [-0.4, -0.2) is 21.2 Å². The van der Waals surface area contributed by atoms with Crippen molar-refractivity contribution in [3.8, 4) is 12.2 Å². The molecule has 0 bridgehead atoms. The number of aliphatic hydroxyl groups excluding tert-OH is 1. The van der Waals surface area contributed by atoms with Crippen molar-refractivity contribution < 1.29 is 15.0 Å². The van der Waals surface area contributed by atoms with Crippen LogP contribution in [0.2, 0.25) is 0 Å². The standard InChI is InChI=1S/C10H9NO3/c12-7-6-11(10(13)14)8-9-4-2-1-3-5-9/h1-5,12H,8H2,(H,13,14). The third kappa shape index (κ3) is 2.72. The van der Waals surface area contributed by atoms with Crippen molar-refractivity contribution in [2.24, 2.45) is 0 Å². The molecule has 1 aromatic rings. The molecule has 0 aliphatic heterocycles. The largest absolute Gasteiger partial charge is 0.464 e. The van der Waals surface area contributed by atoms with Crippen molar-refractivity contribution in [1.82, 2.24) is 4.90 Å². The van der Waals surface area contributed by atoms with E-state index in [9.17, 15) is 4.79 Å². The van der Waals surface area contributed by atoms with Gasteiger partial charge in [0.25, 0.3) is 0 Å². The summed E-state index contributed by atoms with van der Waals surface area (Å²) in [7, 11) is 0. The molecule has 0 aromatic heterocycles. The van der Waals surface area contributed by atoms with Gasteiger partial charge in [0.2, 0.25) is 0 Å². The first kappa shape index (κ1) is 9.93. The second kappa shape index (κ2) is 4.77. The van der Waals surface area contributed by atoms with Crippen molar-refractivity contribution in [2.75, 3.05) is 0 Å². The van der Waals surface area contributed by atoms with E-state index in [1.54, 1.807) is 18.2 Å². The van der Waals surface area contributed by atoms with E-state index in [-0.39, 0.29) is 6.54 Å². The lowest BCUT2D eigenvalue weighted by Gasteiger charge is -2.10. The van der Waals surface area contributed by atoms with Crippen LogP contribution in [0.3, 0.4) is 0 Å². The van der Waals surface area contributed by atoms with Gasteiger partial charge in [-0.1, -0.05) is 30.3 Å². The summed E-state index contributed by atoms with van der Waals surface area (Å²) in [5, 5.41) is 17.0. The highest BCUT2D eigenvalue weighted by Gasteiger charge is 2.08. The molecule has 14 heavy (non-hydrogen) atoms. The lowest BCUT2D eigenvalue weighted by atomic mass is 10.2. The van der Waals surface area contributed by atoms with E-state index < -0.39 is 6.09 Å². The van der Waals surface area contributed by atoms with E-state index in [0.717, 1.165) is 10.5 Å². The first-order valence-electron chi connectivity index (χ1n) is 3.93. The van der Waals surface area contributed by atoms with E-state index >= 15 is 0 Å². The number of carbonyl (C=O) groups is 1. The fourth-order valence-electron chi connectivity index (χ4n) is 0.981. The van der Waals surface area contributed by atoms with Crippen LogP contribution < -0.4 is 0 Å². The molecule has 2 N–H and O–H groups in total. The molecule has 0 aliphatic rings. The summed E-state index contributed by atoms with van der Waals surface area (Å²) in [4.78, 5) is 11.4. The summed E-state index contributed by atoms with van der Waals surface area (Å²) in [6.45, 7) is 0.143. The molecule has 0 fully saturated rings. The normalized spacial score (nSPS) is 8.57. The SMILES string of the molecule is O=C(O)N(C#CO)Cc1ccccc1. The zero-order valence-electron chi connectivity index (χ0n) is 7.34. The molecule has 0 heterocycles. The fourth-order valence-corrected chi connectivity index (χ4v) is 0.981. The molecule has 0 unspecified atom stereocenters. The van der Waals surface area contributed by atoms with Gasteiger partial charge in [0.1, 0.15) is 6.11 Å². The fraction of sp³-hybridized carbons (Fsp3) is 0.100. The number of aliphatic hydroxyl groups is 1. The van der Waals surface area contributed by atoms with Gasteiger partial charge in [-0.05, 0) is 5.56 Å². The van der Waals surface area contributed by atoms with Crippen molar-refractivity contribution >= 4 is 6.09 Å². The first-order valence-corrected chi connectivity index (χ1v) is 3.93. The Hall–Kier alpha value is -2.15. The van der Waals surface area contributed by atoms with Gasteiger partial charge in [0, 0.05) is 0 Å². The van der Waals surface area contributed by atoms with Gasteiger partial charge in [-0.3, -0.25) is 0 Å². The molecule has 0 saturated carbocycles. The van der Waals surface area contributed by atoms with Crippen molar-refractivity contribution in [1.29, 1.82) is 0 Å². The summed E-state index contributed by atoms with van der Waals surface area (Å²) >= 11 is 0. The van der Waals surface area contributed by atoms with Gasteiger partial charge in [0.15, 0.2) is 0 Å². The Bertz CT molecular complexity index is 364. The van der Waals surface area contributed by atoms with Crippen molar-refractivity contribution in [2.45, 2.75) is 6.54 Å². The summed E-state index contributed by atoms with van der Waals surface area (Å²) < 4.78 is 0. The Morgan fingerprint density at radius 1 is 1.36 bits per heavy atom. The highest BCUT2D eigenvalue weighted by Crippen LogP contribution is 2.03. The average Bonchev–Trinajstić information content (AvgIpc) is 2.18. The zero-order chi connectivity index (χ0) is 10.4. The van der Waals surface area contributed by atoms with Gasteiger partial charge < -0.3 is 10.2 Å². The van der Waals surface area contributed by atoms with Crippen LogP contribution in [0.25, 0.3) is 0 Å². The number of rotatable bonds is 2. The second-order valence-electron chi connectivity index (χ2n) is 2.58. The highest BCUT2D eigenvalue weighted by molar-refractivity contribution is 5.67. The molecule has 0 aliphatic carbocycles. The Labute approximate surface area is 81.4 Å². The molecular weight excluding hydrogens is 182 g/mol. The van der Waals surface area contributed by atoms with E-state index in [1.165, 1.54) is 0 Å². The number of hydrogen-bond donors (Lipinski definition) is 2. The Morgan fingerprint density at radius 3 is 2.50 bits per heavy atom. The van der Waals surface area contributed by atoms with Gasteiger partial charge in [-0.2, -0.15) is 0 Å². The predicted octanol–water partition coefficient (Wildman–Crippen LogP) is 1.46. The molecule has 0 saturated heterocycles. The molecule has 1 aromatic carbocycles. The second-order valence-corrected chi connectivity index (χ2v) is 2.58. The van der Waals surface area contributed by atoms with Gasteiger partial charge in [-0.25, -0.2) is 9.69 Å². The summed E-state index contributed by atoms with van der Waals surface area (Å²) in [5.74, 6) is 0. The number of amides is 1. The summed E-state index contributed by atoms with van der Waals surface area (Å²) in [5.41, 5.74) is 0.817. The lowest BCUT2D eigenvalue weighted by molar-refractivity contribution is 0.164. The third-order valence-corrected chi connectivity index (χ3v) is 1.60. The minimum atomic E-state index is -1.18. The molecule has 72 valence electrons. The van der Waals surface area contributed by atoms with E-state index in [4.69, 9.17) is 10.2 Å². The van der Waals surface area contributed by atoms with Crippen LogP contribution in [0.15, 0.2) is 30.3 Å². The zero-order valence-corrected chi connectivity index (χ0v) is 7.34. The van der Waals surface area contributed by atoms with Crippen LogP contribution in [0.1, 0.15) is 5.56 Å². The third-order valence-electron chi connectivity index (χ3n) is 1.60. The van der Waals surface area contributed by atoms with Gasteiger partial charge in [0.05, 0.1) is 12.6 Å². The molecule has 0 radical (unpaired) electrons. The number of nitrogens with zero attached hydrogens (tertiary/aromatic N) is 1. The molecule has 4 nitrogen and oxygen atoms in total. The molecular formula is C10H9NO3. The Balaban J connectivity index is 2.73. The van der Waals surface area contributed by atoms with Crippen LogP contribution in [0.5, 0.6) is 0 Å². The first-order chi connectivity index (χ1) is 6.74. The maximum atomic E-state index is 10.6. The van der Waals surface area contributed by atoms with E-state index in [2.05, 4.69) is 6.04 Å². The molecule has 4 heteroatoms. The number of carboxylic acid groups (broad SMARTS) is 1. The Morgan fingerprint density at radius 2 is 2.00 bits per heavy atom. The average molecular weight is 191 g/mol. The summed E-state index contributed by atoms with van der Waals surface area (Å²) in [6, 6.07) is 11.1. The maximum Gasteiger partial charge on any atom is 0.419 e. The molecule has 0 atom stereocenters. The number of benzene rings is 1. The van der Waals surface area contributed by atoms with Crippen LogP contribution >= 0.6 is 0 Å². The van der Waals surface area contributed by atoms with E-state index in [1.807, 2.05) is 18.2 Å². The molecule has 1 amide bonds. The van der Waals surface area contributed by atoms with Crippen LogP contribution in [-0.2, 0) is 6.54 Å². The smallest absolute Gasteiger partial charge is 0.419 e. The highest BCUT2D eigenvalue weighted by atomic mass is 16.4. The monoisotopic (exact) mass is 191 g/mol. The maximum absolute atomic E-state index is 10.6. The van der Waals surface area contributed by atoms with Crippen molar-refractivity contribution in [3.63, 3.8) is 0 Å². The predicted molar refractivity (Wildman–Crippen MR) is 49.7 cm³/mol. The van der Waals surface area contributed by atoms with E-state index in [0.29, 0.717) is 0 Å². The van der Waals surface area contributed by atoms with Gasteiger partial charge in [-0.15, -0.1) is 0 Å². The van der Waals surface area contributed by atoms with Crippen LogP contribution in [0, 0.1) is 12.2 Å². The molecule has 0 spiro atoms. The minimum Gasteiger partial charge on any atom is -0.464 e. The summed E-state index contributed by atoms with van der Waals surface area (Å²) in [6.07, 6.45) is 0.380. The van der Waals surface area contributed by atoms with Gasteiger partial charge >= 0.3 is 6.09 Å². The Kier molecular flexibility index (Phi) is 3.39. The minimum absolute atomic E-state index is 0.143. The lowest BCUT2D eigenvalue weighted by Crippen LogP contribution is -2.23. The van der Waals surface area contributed by atoms with Crippen molar-refractivity contribution in [3.05, 3.63) is 35.9 Å². The van der Waals surface area contributed by atoms with Crippen LogP contribution in [0.4, 0.5) is 4.79 Å². The molecule has 1 rings (SSSR count). The topological polar surface area (TPSA) is 60.8 Å². The number of hydrogen-bond acceptors (Lipinski definition) is 2. The quantitative estimate of drug-likeness (QED) is 0.549.